The fraction of sp³-hybridized carbons (Fsp3) is 0.733. The van der Waals surface area contributed by atoms with E-state index in [4.69, 9.17) is 5.73 Å². The first-order valence-corrected chi connectivity index (χ1v) is 7.50. The third-order valence-corrected chi connectivity index (χ3v) is 4.03. The Morgan fingerprint density at radius 2 is 2.00 bits per heavy atom. The summed E-state index contributed by atoms with van der Waals surface area (Å²) < 4.78 is 0. The van der Waals surface area contributed by atoms with Crippen LogP contribution in [0.4, 0.5) is 11.6 Å². The van der Waals surface area contributed by atoms with E-state index in [1.54, 1.807) is 0 Å². The molecule has 0 aliphatic carbocycles. The number of hydrogen-bond acceptors (Lipinski definition) is 5. The number of likely N-dealkylation sites (tertiary alicyclic amines) is 1. The summed E-state index contributed by atoms with van der Waals surface area (Å²) in [6.07, 6.45) is 2.52. The van der Waals surface area contributed by atoms with Gasteiger partial charge in [-0.15, -0.1) is 0 Å². The monoisotopic (exact) mass is 277 g/mol. The normalized spacial score (nSPS) is 17.6. The van der Waals surface area contributed by atoms with E-state index in [-0.39, 0.29) is 0 Å². The first kappa shape index (κ1) is 15.0. The van der Waals surface area contributed by atoms with Crippen molar-refractivity contribution in [2.45, 2.75) is 32.6 Å². The van der Waals surface area contributed by atoms with Crippen LogP contribution in [0.15, 0.2) is 6.07 Å². The number of nitrogen functional groups attached to an aromatic ring is 1. The fourth-order valence-corrected chi connectivity index (χ4v) is 2.65. The van der Waals surface area contributed by atoms with Gasteiger partial charge in [0.2, 0.25) is 0 Å². The minimum absolute atomic E-state index is 0.300. The highest BCUT2D eigenvalue weighted by Gasteiger charge is 2.19. The quantitative estimate of drug-likeness (QED) is 0.911. The maximum atomic E-state index is 5.90. The highest BCUT2D eigenvalue weighted by Crippen LogP contribution is 2.22. The Morgan fingerprint density at radius 3 is 2.60 bits per heavy atom. The van der Waals surface area contributed by atoms with Gasteiger partial charge in [0.05, 0.1) is 0 Å². The van der Waals surface area contributed by atoms with Crippen molar-refractivity contribution in [3.63, 3.8) is 0 Å². The van der Waals surface area contributed by atoms with E-state index in [2.05, 4.69) is 47.7 Å². The van der Waals surface area contributed by atoms with Crippen LogP contribution in [0.1, 0.15) is 38.4 Å². The number of aromatic nitrogens is 2. The predicted molar refractivity (Wildman–Crippen MR) is 84.0 cm³/mol. The van der Waals surface area contributed by atoms with Crippen LogP contribution in [0.2, 0.25) is 0 Å². The number of piperidine rings is 1. The molecule has 1 saturated heterocycles. The van der Waals surface area contributed by atoms with E-state index in [1.807, 2.05) is 6.07 Å². The van der Waals surface area contributed by atoms with Crippen molar-refractivity contribution in [2.24, 2.45) is 5.92 Å². The lowest BCUT2D eigenvalue weighted by Gasteiger charge is -2.32. The summed E-state index contributed by atoms with van der Waals surface area (Å²) in [6.45, 7) is 7.62. The molecular formula is C15H27N5. The van der Waals surface area contributed by atoms with Gasteiger partial charge in [-0.1, -0.05) is 13.8 Å². The first-order chi connectivity index (χ1) is 9.45. The molecule has 1 aromatic rings. The van der Waals surface area contributed by atoms with Gasteiger partial charge >= 0.3 is 0 Å². The third-order valence-electron chi connectivity index (χ3n) is 4.03. The number of anilines is 2. The van der Waals surface area contributed by atoms with Crippen molar-refractivity contribution in [2.75, 3.05) is 44.4 Å². The Labute approximate surface area is 122 Å². The number of rotatable bonds is 4. The first-order valence-electron chi connectivity index (χ1n) is 7.50. The van der Waals surface area contributed by atoms with E-state index < -0.39 is 0 Å². The largest absolute Gasteiger partial charge is 0.384 e. The molecule has 1 aliphatic rings. The zero-order chi connectivity index (χ0) is 14.7. The molecule has 20 heavy (non-hydrogen) atoms. The van der Waals surface area contributed by atoms with Crippen LogP contribution in [0.5, 0.6) is 0 Å². The predicted octanol–water partition coefficient (Wildman–Crippen LogP) is 1.96. The van der Waals surface area contributed by atoms with Gasteiger partial charge in [0.15, 0.2) is 0 Å². The van der Waals surface area contributed by atoms with Crippen molar-refractivity contribution in [1.29, 1.82) is 0 Å². The van der Waals surface area contributed by atoms with Crippen molar-refractivity contribution >= 4 is 11.6 Å². The molecule has 2 N–H and O–H groups in total. The van der Waals surface area contributed by atoms with Crippen LogP contribution < -0.4 is 10.6 Å². The van der Waals surface area contributed by atoms with Gasteiger partial charge in [0.25, 0.3) is 0 Å². The van der Waals surface area contributed by atoms with Gasteiger partial charge in [0, 0.05) is 25.6 Å². The maximum Gasteiger partial charge on any atom is 0.135 e. The van der Waals surface area contributed by atoms with Crippen LogP contribution in [-0.4, -0.2) is 48.6 Å². The lowest BCUT2D eigenvalue weighted by molar-refractivity contribution is 0.222. The van der Waals surface area contributed by atoms with Crippen molar-refractivity contribution < 1.29 is 0 Å². The molecular weight excluding hydrogens is 250 g/mol. The number of nitrogens with two attached hydrogens (primary N) is 1. The van der Waals surface area contributed by atoms with Crippen molar-refractivity contribution in [3.05, 3.63) is 11.9 Å². The van der Waals surface area contributed by atoms with E-state index in [0.29, 0.717) is 11.7 Å². The average molecular weight is 277 g/mol. The molecule has 1 fully saturated rings. The molecule has 0 spiro atoms. The molecule has 1 aromatic heterocycles. The number of nitrogens with zero attached hydrogens (tertiary/aromatic N) is 4. The van der Waals surface area contributed by atoms with Crippen LogP contribution in [0.25, 0.3) is 0 Å². The minimum Gasteiger partial charge on any atom is -0.384 e. The topological polar surface area (TPSA) is 58.3 Å². The van der Waals surface area contributed by atoms with Gasteiger partial charge in [-0.3, -0.25) is 0 Å². The lowest BCUT2D eigenvalue weighted by atomic mass is 9.97. The Balaban J connectivity index is 2.03. The molecule has 0 bridgehead atoms. The standard InChI is InChI=1S/C15H27N5/c1-11(2)15-17-13(16)9-14(18-15)20(4)10-12-5-7-19(3)8-6-12/h9,11-12H,5-8,10H2,1-4H3,(H2,16,17,18). The Bertz CT molecular complexity index is 438. The van der Waals surface area contributed by atoms with E-state index in [0.717, 1.165) is 24.1 Å². The van der Waals surface area contributed by atoms with Gasteiger partial charge in [-0.05, 0) is 38.9 Å². The Hall–Kier alpha value is -1.36. The van der Waals surface area contributed by atoms with Crippen molar-refractivity contribution in [3.8, 4) is 0 Å². The highest BCUT2D eigenvalue weighted by atomic mass is 15.2. The lowest BCUT2D eigenvalue weighted by Crippen LogP contribution is -2.36. The van der Waals surface area contributed by atoms with E-state index in [1.165, 1.54) is 25.9 Å². The number of hydrogen-bond donors (Lipinski definition) is 1. The van der Waals surface area contributed by atoms with Crippen LogP contribution >= 0.6 is 0 Å². The minimum atomic E-state index is 0.300. The summed E-state index contributed by atoms with van der Waals surface area (Å²) in [5, 5.41) is 0. The molecule has 0 amide bonds. The highest BCUT2D eigenvalue weighted by molar-refractivity contribution is 5.46. The molecule has 2 rings (SSSR count). The van der Waals surface area contributed by atoms with Gasteiger partial charge < -0.3 is 15.5 Å². The maximum absolute atomic E-state index is 5.90. The molecule has 0 radical (unpaired) electrons. The summed E-state index contributed by atoms with van der Waals surface area (Å²) in [5.74, 6) is 3.38. The summed E-state index contributed by atoms with van der Waals surface area (Å²) in [7, 11) is 4.30. The second-order valence-electron chi connectivity index (χ2n) is 6.29. The molecule has 5 heteroatoms. The molecule has 0 aromatic carbocycles. The SMILES string of the molecule is CC(C)c1nc(N)cc(N(C)CC2CCN(C)CC2)n1. The molecule has 5 nitrogen and oxygen atoms in total. The smallest absolute Gasteiger partial charge is 0.135 e. The van der Waals surface area contributed by atoms with Crippen LogP contribution in [-0.2, 0) is 0 Å². The summed E-state index contributed by atoms with van der Waals surface area (Å²) >= 11 is 0. The van der Waals surface area contributed by atoms with E-state index >= 15 is 0 Å². The molecule has 2 heterocycles. The van der Waals surface area contributed by atoms with Crippen LogP contribution in [0.3, 0.4) is 0 Å². The van der Waals surface area contributed by atoms with E-state index in [9.17, 15) is 0 Å². The molecule has 1 aliphatic heterocycles. The molecule has 0 atom stereocenters. The van der Waals surface area contributed by atoms with Gasteiger partial charge in [-0.2, -0.15) is 0 Å². The average Bonchev–Trinajstić information content (AvgIpc) is 2.40. The molecule has 0 saturated carbocycles. The summed E-state index contributed by atoms with van der Waals surface area (Å²) in [4.78, 5) is 13.6. The zero-order valence-corrected chi connectivity index (χ0v) is 13.1. The van der Waals surface area contributed by atoms with Crippen LogP contribution in [0, 0.1) is 5.92 Å². The fourth-order valence-electron chi connectivity index (χ4n) is 2.65. The third kappa shape index (κ3) is 3.82. The van der Waals surface area contributed by atoms with Crippen molar-refractivity contribution in [1.82, 2.24) is 14.9 Å². The zero-order valence-electron chi connectivity index (χ0n) is 13.1. The van der Waals surface area contributed by atoms with Gasteiger partial charge in [-0.25, -0.2) is 9.97 Å². The second-order valence-corrected chi connectivity index (χ2v) is 6.29. The van der Waals surface area contributed by atoms with Gasteiger partial charge in [0.1, 0.15) is 17.5 Å². The second kappa shape index (κ2) is 6.39. The Morgan fingerprint density at radius 1 is 1.35 bits per heavy atom. The molecule has 112 valence electrons. The summed E-state index contributed by atoms with van der Waals surface area (Å²) in [5.41, 5.74) is 5.90. The Kier molecular flexibility index (Phi) is 4.81. The summed E-state index contributed by atoms with van der Waals surface area (Å²) in [6, 6.07) is 1.88. The molecule has 0 unspecified atom stereocenters.